The molecular formula is C22H24ClF3N6O2. The van der Waals surface area contributed by atoms with E-state index in [4.69, 9.17) is 11.6 Å². The molecule has 34 heavy (non-hydrogen) atoms. The minimum Gasteiger partial charge on any atom is -0.453 e. The maximum atomic E-state index is 13.9. The van der Waals surface area contributed by atoms with Crippen LogP contribution in [0.4, 0.5) is 29.6 Å². The minimum atomic E-state index is -4.75. The van der Waals surface area contributed by atoms with E-state index in [2.05, 4.69) is 49.5 Å². The van der Waals surface area contributed by atoms with Crippen molar-refractivity contribution in [3.63, 3.8) is 0 Å². The number of anilines is 2. The molecule has 0 spiro atoms. The number of alkyl halides is 3. The first-order chi connectivity index (χ1) is 16.0. The highest BCUT2D eigenvalue weighted by Gasteiger charge is 2.37. The topological polar surface area (TPSA) is 104 Å². The zero-order valence-corrected chi connectivity index (χ0v) is 19.5. The largest absolute Gasteiger partial charge is 0.453 e. The number of amides is 1. The summed E-state index contributed by atoms with van der Waals surface area (Å²) in [6.07, 6.45) is -1.04. The molecule has 1 aromatic carbocycles. The van der Waals surface area contributed by atoms with E-state index in [9.17, 15) is 18.0 Å². The SMILES string of the molecule is COC(=O)Nc1ccc2c(-c3nc(NC4CCC(C)(C)NC4)ncc3Cl)c[nH]c2c1C(F)(F)F. The van der Waals surface area contributed by atoms with Gasteiger partial charge in [0.05, 0.1) is 35.2 Å². The standard InChI is InChI=1S/C22H24ClF3N6O2/c1-21(2)7-6-11(8-29-21)30-19-28-10-14(23)17(32-19)13-9-27-18-12(13)4-5-15(31-20(33)34-3)16(18)22(24,25)26/h4-5,9-11,27,29H,6-8H2,1-3H3,(H,31,33)(H,28,30,32). The van der Waals surface area contributed by atoms with Crippen LogP contribution in [0.3, 0.4) is 0 Å². The fourth-order valence-corrected chi connectivity index (χ4v) is 4.20. The molecule has 4 rings (SSSR count). The molecule has 8 nitrogen and oxygen atoms in total. The highest BCUT2D eigenvalue weighted by atomic mass is 35.5. The fraction of sp³-hybridized carbons (Fsp3) is 0.409. The summed E-state index contributed by atoms with van der Waals surface area (Å²) in [7, 11) is 1.07. The fourth-order valence-electron chi connectivity index (χ4n) is 4.01. The lowest BCUT2D eigenvalue weighted by molar-refractivity contribution is -0.135. The first-order valence-electron chi connectivity index (χ1n) is 10.6. The van der Waals surface area contributed by atoms with Gasteiger partial charge in [0, 0.05) is 35.3 Å². The Morgan fingerprint density at radius 2 is 2.09 bits per heavy atom. The molecule has 1 unspecified atom stereocenters. The Labute approximate surface area is 198 Å². The van der Waals surface area contributed by atoms with Crippen molar-refractivity contribution in [3.05, 3.63) is 35.1 Å². The quantitative estimate of drug-likeness (QED) is 0.384. The van der Waals surface area contributed by atoms with Crippen LogP contribution < -0.4 is 16.0 Å². The summed E-state index contributed by atoms with van der Waals surface area (Å²) >= 11 is 6.34. The van der Waals surface area contributed by atoms with Gasteiger partial charge in [0.25, 0.3) is 0 Å². The molecule has 0 bridgehead atoms. The van der Waals surface area contributed by atoms with Gasteiger partial charge in [-0.05, 0) is 32.8 Å². The third-order valence-electron chi connectivity index (χ3n) is 5.84. The van der Waals surface area contributed by atoms with Crippen molar-refractivity contribution in [2.24, 2.45) is 0 Å². The molecule has 1 atom stereocenters. The van der Waals surface area contributed by atoms with E-state index in [1.165, 1.54) is 24.5 Å². The number of nitrogens with one attached hydrogen (secondary N) is 4. The second-order valence-electron chi connectivity index (χ2n) is 8.76. The van der Waals surface area contributed by atoms with Gasteiger partial charge in [-0.1, -0.05) is 17.7 Å². The molecule has 1 aliphatic rings. The van der Waals surface area contributed by atoms with Crippen molar-refractivity contribution in [1.82, 2.24) is 20.3 Å². The Hall–Kier alpha value is -3.05. The molecule has 2 aromatic heterocycles. The smallest absolute Gasteiger partial charge is 0.420 e. The summed E-state index contributed by atoms with van der Waals surface area (Å²) < 4.78 is 46.2. The van der Waals surface area contributed by atoms with E-state index < -0.39 is 23.5 Å². The third-order valence-corrected chi connectivity index (χ3v) is 6.12. The van der Waals surface area contributed by atoms with Gasteiger partial charge in [0.2, 0.25) is 5.95 Å². The van der Waals surface area contributed by atoms with Crippen molar-refractivity contribution in [1.29, 1.82) is 0 Å². The number of carbonyl (C=O) groups excluding carboxylic acids is 1. The summed E-state index contributed by atoms with van der Waals surface area (Å²) in [6, 6.07) is 2.73. The number of piperidine rings is 1. The van der Waals surface area contributed by atoms with Crippen LogP contribution in [0, 0.1) is 0 Å². The molecule has 1 amide bonds. The van der Waals surface area contributed by atoms with Gasteiger partial charge in [-0.3, -0.25) is 5.32 Å². The minimum absolute atomic E-state index is 0.0615. The number of fused-ring (bicyclic) bond motifs is 1. The van der Waals surface area contributed by atoms with Gasteiger partial charge in [-0.25, -0.2) is 14.8 Å². The zero-order valence-electron chi connectivity index (χ0n) is 18.7. The predicted octanol–water partition coefficient (Wildman–Crippen LogP) is 5.42. The van der Waals surface area contributed by atoms with Crippen LogP contribution in [0.15, 0.2) is 24.5 Å². The van der Waals surface area contributed by atoms with Gasteiger partial charge < -0.3 is 20.4 Å². The highest BCUT2D eigenvalue weighted by Crippen LogP contribution is 2.43. The number of carbonyl (C=O) groups is 1. The molecule has 1 fully saturated rings. The summed E-state index contributed by atoms with van der Waals surface area (Å²) in [6.45, 7) is 5.00. The van der Waals surface area contributed by atoms with E-state index in [0.717, 1.165) is 26.5 Å². The average Bonchev–Trinajstić information content (AvgIpc) is 3.19. The summed E-state index contributed by atoms with van der Waals surface area (Å²) in [4.78, 5) is 23.0. The predicted molar refractivity (Wildman–Crippen MR) is 124 cm³/mol. The van der Waals surface area contributed by atoms with Crippen LogP contribution in [0.1, 0.15) is 32.3 Å². The number of hydrogen-bond donors (Lipinski definition) is 4. The van der Waals surface area contributed by atoms with Crippen molar-refractivity contribution in [2.45, 2.75) is 44.4 Å². The van der Waals surface area contributed by atoms with E-state index in [1.54, 1.807) is 0 Å². The van der Waals surface area contributed by atoms with E-state index in [1.807, 2.05) is 0 Å². The normalized spacial score (nSPS) is 18.0. The first-order valence-corrected chi connectivity index (χ1v) is 11.0. The van der Waals surface area contributed by atoms with Gasteiger partial charge >= 0.3 is 12.3 Å². The maximum Gasteiger partial charge on any atom is 0.420 e. The van der Waals surface area contributed by atoms with Crippen molar-refractivity contribution in [2.75, 3.05) is 24.3 Å². The number of methoxy groups -OCH3 is 1. The van der Waals surface area contributed by atoms with Crippen LogP contribution in [0.5, 0.6) is 0 Å². The third kappa shape index (κ3) is 4.90. The molecule has 0 saturated carbocycles. The van der Waals surface area contributed by atoms with Crippen LogP contribution in [-0.2, 0) is 10.9 Å². The Morgan fingerprint density at radius 3 is 2.74 bits per heavy atom. The Kier molecular flexibility index (Phi) is 6.34. The monoisotopic (exact) mass is 496 g/mol. The number of aromatic amines is 1. The molecule has 3 aromatic rings. The molecule has 182 valence electrons. The van der Waals surface area contributed by atoms with Crippen LogP contribution in [-0.4, -0.2) is 46.3 Å². The number of nitrogens with zero attached hydrogens (tertiary/aromatic N) is 2. The van der Waals surface area contributed by atoms with Crippen molar-refractivity contribution < 1.29 is 22.7 Å². The number of rotatable bonds is 4. The Balaban J connectivity index is 1.71. The van der Waals surface area contributed by atoms with Gasteiger partial charge in [0.1, 0.15) is 5.56 Å². The van der Waals surface area contributed by atoms with Gasteiger partial charge in [0.15, 0.2) is 0 Å². The first kappa shape index (κ1) is 24.1. The lowest BCUT2D eigenvalue weighted by Crippen LogP contribution is -2.50. The molecule has 0 radical (unpaired) electrons. The molecule has 1 aliphatic heterocycles. The van der Waals surface area contributed by atoms with Crippen LogP contribution in [0.2, 0.25) is 5.02 Å². The molecule has 0 aliphatic carbocycles. The molecule has 12 heteroatoms. The lowest BCUT2D eigenvalue weighted by Gasteiger charge is -2.36. The van der Waals surface area contributed by atoms with E-state index in [0.29, 0.717) is 11.5 Å². The van der Waals surface area contributed by atoms with Crippen LogP contribution in [0.25, 0.3) is 22.2 Å². The van der Waals surface area contributed by atoms with E-state index in [-0.39, 0.29) is 33.2 Å². The zero-order chi connectivity index (χ0) is 24.7. The van der Waals surface area contributed by atoms with Gasteiger partial charge in [-0.2, -0.15) is 13.2 Å². The summed E-state index contributed by atoms with van der Waals surface area (Å²) in [5.41, 5.74) is -0.935. The Bertz CT molecular complexity index is 1220. The number of H-pyrrole nitrogens is 1. The molecule has 3 heterocycles. The number of hydrogen-bond acceptors (Lipinski definition) is 6. The Morgan fingerprint density at radius 1 is 1.32 bits per heavy atom. The lowest BCUT2D eigenvalue weighted by atomic mass is 9.91. The summed E-state index contributed by atoms with van der Waals surface area (Å²) in [5.74, 6) is 0.334. The molecule has 1 saturated heterocycles. The number of benzene rings is 1. The number of ether oxygens (including phenoxy) is 1. The van der Waals surface area contributed by atoms with Gasteiger partial charge in [-0.15, -0.1) is 0 Å². The second kappa shape index (κ2) is 8.95. The van der Waals surface area contributed by atoms with E-state index >= 15 is 0 Å². The second-order valence-corrected chi connectivity index (χ2v) is 9.17. The maximum absolute atomic E-state index is 13.9. The van der Waals surface area contributed by atoms with Crippen molar-refractivity contribution in [3.8, 4) is 11.3 Å². The molecular weight excluding hydrogens is 473 g/mol. The van der Waals surface area contributed by atoms with Crippen LogP contribution >= 0.6 is 11.6 Å². The summed E-state index contributed by atoms with van der Waals surface area (Å²) in [5, 5.41) is 9.28. The number of halogens is 4. The average molecular weight is 497 g/mol. The molecule has 4 N–H and O–H groups in total. The highest BCUT2D eigenvalue weighted by molar-refractivity contribution is 6.33. The van der Waals surface area contributed by atoms with Crippen molar-refractivity contribution >= 4 is 40.2 Å². The number of aromatic nitrogens is 3.